The normalized spacial score (nSPS) is 11.7. The summed E-state index contributed by atoms with van der Waals surface area (Å²) in [6.45, 7) is 4.38. The van der Waals surface area contributed by atoms with Crippen molar-refractivity contribution in [3.63, 3.8) is 0 Å². The van der Waals surface area contributed by atoms with Crippen LogP contribution in [0.25, 0.3) is 0 Å². The molecule has 0 atom stereocenters. The third-order valence-corrected chi connectivity index (χ3v) is 5.81. The lowest BCUT2D eigenvalue weighted by Gasteiger charge is -2.09. The zero-order valence-corrected chi connectivity index (χ0v) is 22.2. The molecule has 0 aliphatic carbocycles. The van der Waals surface area contributed by atoms with Crippen molar-refractivity contribution in [1.82, 2.24) is 0 Å². The van der Waals surface area contributed by atoms with Crippen molar-refractivity contribution in [3.05, 3.63) is 0 Å². The smallest absolute Gasteiger partial charge is 0.305 e. The van der Waals surface area contributed by atoms with Crippen LogP contribution in [0.3, 0.4) is 0 Å². The second kappa shape index (κ2) is 26.2. The molecule has 0 spiro atoms. The summed E-state index contributed by atoms with van der Waals surface area (Å²) < 4.78 is 65.7. The number of ether oxygens (including phenoxy) is 8. The quantitative estimate of drug-likeness (QED) is 0.107. The molecule has 14 nitrogen and oxygen atoms in total. The second-order valence-corrected chi connectivity index (χ2v) is 9.64. The first-order valence-electron chi connectivity index (χ1n) is 12.1. The summed E-state index contributed by atoms with van der Waals surface area (Å²) in [5, 5.41) is 16.9. The Morgan fingerprint density at radius 2 is 0.622 bits per heavy atom. The van der Waals surface area contributed by atoms with Gasteiger partial charge in [-0.1, -0.05) is 0 Å². The minimum absolute atomic E-state index is 0.0370. The average Bonchev–Trinajstić information content (AvgIpc) is 2.84. The number of aliphatic carboxylic acids is 2. The molecule has 37 heavy (non-hydrogen) atoms. The molecule has 2 N–H and O–H groups in total. The Morgan fingerprint density at radius 3 is 0.865 bits per heavy atom. The van der Waals surface area contributed by atoms with Gasteiger partial charge in [-0.25, -0.2) is 8.42 Å². The summed E-state index contributed by atoms with van der Waals surface area (Å²) in [4.78, 5) is 20.6. The van der Waals surface area contributed by atoms with Gasteiger partial charge in [0.25, 0.3) is 0 Å². The fourth-order valence-corrected chi connectivity index (χ4v) is 3.26. The molecule has 0 radical (unpaired) electrons. The zero-order valence-electron chi connectivity index (χ0n) is 21.3. The van der Waals surface area contributed by atoms with Crippen LogP contribution in [0.2, 0.25) is 0 Å². The van der Waals surface area contributed by atoms with E-state index in [0.717, 1.165) is 0 Å². The predicted molar refractivity (Wildman–Crippen MR) is 130 cm³/mol. The summed E-state index contributed by atoms with van der Waals surface area (Å²) in [7, 11) is -3.28. The van der Waals surface area contributed by atoms with Crippen LogP contribution in [0, 0.1) is 0 Å². The first-order valence-corrected chi connectivity index (χ1v) is 13.9. The van der Waals surface area contributed by atoms with Crippen molar-refractivity contribution in [2.24, 2.45) is 0 Å². The Bertz CT molecular complexity index is 595. The SMILES string of the molecule is O=C(O)CCOCCOCCOCCOCCS(=O)(=O)CCOCCOCCOCCOCCC(=O)O. The van der Waals surface area contributed by atoms with Crippen LogP contribution in [0.5, 0.6) is 0 Å². The molecule has 0 bridgehead atoms. The highest BCUT2D eigenvalue weighted by atomic mass is 32.2. The van der Waals surface area contributed by atoms with E-state index in [1.807, 2.05) is 0 Å². The van der Waals surface area contributed by atoms with E-state index in [2.05, 4.69) is 0 Å². The molecular formula is C22H42O14S. The highest BCUT2D eigenvalue weighted by molar-refractivity contribution is 7.91. The molecule has 0 saturated heterocycles. The van der Waals surface area contributed by atoms with Crippen molar-refractivity contribution in [2.75, 3.05) is 117 Å². The van der Waals surface area contributed by atoms with Crippen molar-refractivity contribution < 1.29 is 66.1 Å². The molecule has 0 aromatic carbocycles. The molecule has 0 fully saturated rings. The van der Waals surface area contributed by atoms with Gasteiger partial charge in [0.2, 0.25) is 0 Å². The molecule has 0 saturated carbocycles. The molecule has 0 aliphatic rings. The van der Waals surface area contributed by atoms with Crippen molar-refractivity contribution in [1.29, 1.82) is 0 Å². The number of hydrogen-bond acceptors (Lipinski definition) is 12. The maximum atomic E-state index is 12.0. The van der Waals surface area contributed by atoms with Crippen molar-refractivity contribution in [3.8, 4) is 0 Å². The largest absolute Gasteiger partial charge is 0.481 e. The van der Waals surface area contributed by atoms with Gasteiger partial charge in [-0.15, -0.1) is 0 Å². The van der Waals surface area contributed by atoms with Gasteiger partial charge in [-0.3, -0.25) is 9.59 Å². The maximum absolute atomic E-state index is 12.0. The summed E-state index contributed by atoms with van der Waals surface area (Å²) >= 11 is 0. The van der Waals surface area contributed by atoms with E-state index >= 15 is 0 Å². The summed E-state index contributed by atoms with van der Waals surface area (Å²) in [5.41, 5.74) is 0. The number of carboxylic acids is 2. The standard InChI is InChI=1S/C22H42O14S/c23-21(24)1-3-29-5-7-31-9-11-33-13-15-35-17-19-37(27,28)20-18-36-16-14-34-12-10-32-8-6-30-4-2-22(25)26/h1-20H2,(H,23,24)(H,25,26). The Balaban J connectivity index is 3.32. The van der Waals surface area contributed by atoms with E-state index in [-0.39, 0.29) is 64.0 Å². The highest BCUT2D eigenvalue weighted by Crippen LogP contribution is 1.93. The topological polar surface area (TPSA) is 183 Å². The Hall–Kier alpha value is -1.43. The van der Waals surface area contributed by atoms with E-state index in [1.165, 1.54) is 0 Å². The van der Waals surface area contributed by atoms with Gasteiger partial charge < -0.3 is 48.1 Å². The Morgan fingerprint density at radius 1 is 0.405 bits per heavy atom. The fourth-order valence-electron chi connectivity index (χ4n) is 2.32. The van der Waals surface area contributed by atoms with Crippen LogP contribution in [0.4, 0.5) is 0 Å². The molecule has 0 heterocycles. The van der Waals surface area contributed by atoms with Gasteiger partial charge in [-0.2, -0.15) is 0 Å². The minimum Gasteiger partial charge on any atom is -0.481 e. The number of hydrogen-bond donors (Lipinski definition) is 2. The fraction of sp³-hybridized carbons (Fsp3) is 0.909. The lowest BCUT2D eigenvalue weighted by atomic mass is 10.5. The highest BCUT2D eigenvalue weighted by Gasteiger charge is 2.10. The van der Waals surface area contributed by atoms with E-state index in [9.17, 15) is 18.0 Å². The van der Waals surface area contributed by atoms with E-state index in [0.29, 0.717) is 66.1 Å². The van der Waals surface area contributed by atoms with Crippen LogP contribution in [0.15, 0.2) is 0 Å². The minimum atomic E-state index is -3.28. The van der Waals surface area contributed by atoms with E-state index < -0.39 is 21.8 Å². The number of rotatable bonds is 30. The Kier molecular flexibility index (Phi) is 25.2. The molecule has 0 amide bonds. The van der Waals surface area contributed by atoms with E-state index in [1.54, 1.807) is 0 Å². The second-order valence-electron chi connectivity index (χ2n) is 7.34. The molecule has 0 aromatic heterocycles. The van der Waals surface area contributed by atoms with Gasteiger partial charge in [0, 0.05) is 0 Å². The van der Waals surface area contributed by atoms with Gasteiger partial charge >= 0.3 is 11.9 Å². The third kappa shape index (κ3) is 30.7. The molecule has 220 valence electrons. The van der Waals surface area contributed by atoms with Gasteiger partial charge in [0.05, 0.1) is 130 Å². The number of carboxylic acid groups (broad SMARTS) is 2. The summed E-state index contributed by atoms with van der Waals surface area (Å²) in [5.74, 6) is -2.01. The van der Waals surface area contributed by atoms with Crippen LogP contribution >= 0.6 is 0 Å². The Labute approximate surface area is 218 Å². The van der Waals surface area contributed by atoms with Crippen molar-refractivity contribution >= 4 is 21.8 Å². The van der Waals surface area contributed by atoms with Gasteiger partial charge in [0.1, 0.15) is 0 Å². The van der Waals surface area contributed by atoms with Gasteiger partial charge in [-0.05, 0) is 0 Å². The van der Waals surface area contributed by atoms with Crippen LogP contribution < -0.4 is 0 Å². The molecule has 0 unspecified atom stereocenters. The van der Waals surface area contributed by atoms with E-state index in [4.69, 9.17) is 48.1 Å². The zero-order chi connectivity index (χ0) is 27.5. The molecule has 15 heteroatoms. The third-order valence-electron chi connectivity index (χ3n) is 4.23. The molecule has 0 aliphatic heterocycles. The van der Waals surface area contributed by atoms with Gasteiger partial charge in [0.15, 0.2) is 9.84 Å². The molecular weight excluding hydrogens is 520 g/mol. The monoisotopic (exact) mass is 562 g/mol. The molecule has 0 aromatic rings. The maximum Gasteiger partial charge on any atom is 0.305 e. The first kappa shape index (κ1) is 35.6. The van der Waals surface area contributed by atoms with Crippen LogP contribution in [0.1, 0.15) is 12.8 Å². The number of carbonyl (C=O) groups is 2. The first-order chi connectivity index (χ1) is 17.8. The van der Waals surface area contributed by atoms with Crippen LogP contribution in [-0.2, 0) is 57.3 Å². The van der Waals surface area contributed by atoms with Crippen LogP contribution in [-0.4, -0.2) is 148 Å². The lowest BCUT2D eigenvalue weighted by molar-refractivity contribution is -0.139. The number of sulfone groups is 1. The molecule has 0 rings (SSSR count). The predicted octanol–water partition coefficient (Wildman–Crippen LogP) is -0.517. The average molecular weight is 563 g/mol. The summed E-state index contributed by atoms with van der Waals surface area (Å²) in [6.07, 6.45) is -0.0741. The lowest BCUT2D eigenvalue weighted by Crippen LogP contribution is -2.21. The summed E-state index contributed by atoms with van der Waals surface area (Å²) in [6, 6.07) is 0. The van der Waals surface area contributed by atoms with Crippen molar-refractivity contribution in [2.45, 2.75) is 12.8 Å².